The Morgan fingerprint density at radius 2 is 2.26 bits per heavy atom. The molecule has 1 atom stereocenters. The molecule has 106 valence electrons. The van der Waals surface area contributed by atoms with Crippen molar-refractivity contribution >= 4 is 23.2 Å². The highest BCUT2D eigenvalue weighted by atomic mass is 35.5. The maximum Gasteiger partial charge on any atom is 0.130 e. The van der Waals surface area contributed by atoms with Gasteiger partial charge in [-0.15, -0.1) is 0 Å². The third-order valence-corrected chi connectivity index (χ3v) is 4.32. The molecule has 3 nitrogen and oxygen atoms in total. The smallest absolute Gasteiger partial charge is 0.130 e. The first-order valence-electron chi connectivity index (χ1n) is 6.82. The fourth-order valence-corrected chi connectivity index (χ4v) is 3.21. The van der Waals surface area contributed by atoms with Crippen LogP contribution in [0.15, 0.2) is 12.3 Å². The Labute approximate surface area is 125 Å². The molecule has 1 fully saturated rings. The lowest BCUT2D eigenvalue weighted by Crippen LogP contribution is -2.38. The molecule has 19 heavy (non-hydrogen) atoms. The number of likely N-dealkylation sites (N-methyl/N-ethyl adjacent to an activating group) is 2. The van der Waals surface area contributed by atoms with Gasteiger partial charge < -0.3 is 4.90 Å². The van der Waals surface area contributed by atoms with E-state index in [1.54, 1.807) is 12.3 Å². The molecule has 2 rings (SSSR count). The Morgan fingerprint density at radius 1 is 1.47 bits per heavy atom. The minimum atomic E-state index is 0.448. The van der Waals surface area contributed by atoms with E-state index >= 15 is 0 Å². The molecule has 0 aromatic carbocycles. The third-order valence-electron chi connectivity index (χ3n) is 3.76. The molecular weight excluding hydrogens is 281 g/mol. The van der Waals surface area contributed by atoms with E-state index < -0.39 is 0 Å². The Bertz CT molecular complexity index is 425. The van der Waals surface area contributed by atoms with E-state index in [-0.39, 0.29) is 0 Å². The number of hydrogen-bond donors (Lipinski definition) is 0. The molecule has 5 heteroatoms. The standard InChI is InChI=1S/C14H21Cl2N3/c1-3-19-6-4-5-12(19)10-18(2)9-11-8-17-14(16)7-13(11)15/h7-8,12H,3-6,9-10H2,1-2H3. The first-order chi connectivity index (χ1) is 9.10. The molecule has 1 aromatic heterocycles. The van der Waals surface area contributed by atoms with Gasteiger partial charge in [0.05, 0.1) is 0 Å². The molecule has 2 heterocycles. The maximum absolute atomic E-state index is 6.18. The summed E-state index contributed by atoms with van der Waals surface area (Å²) in [7, 11) is 2.14. The Kier molecular flexibility index (Phi) is 5.46. The van der Waals surface area contributed by atoms with Crippen molar-refractivity contribution in [3.05, 3.63) is 28.0 Å². The Balaban J connectivity index is 1.92. The zero-order valence-electron chi connectivity index (χ0n) is 11.6. The summed E-state index contributed by atoms with van der Waals surface area (Å²) >= 11 is 12.0. The monoisotopic (exact) mass is 301 g/mol. The van der Waals surface area contributed by atoms with Crippen molar-refractivity contribution in [1.29, 1.82) is 0 Å². The van der Waals surface area contributed by atoms with Crippen LogP contribution in [0.1, 0.15) is 25.3 Å². The number of rotatable bonds is 5. The zero-order valence-corrected chi connectivity index (χ0v) is 13.1. The first-order valence-corrected chi connectivity index (χ1v) is 7.58. The highest BCUT2D eigenvalue weighted by Crippen LogP contribution is 2.21. The average molecular weight is 302 g/mol. The summed E-state index contributed by atoms with van der Waals surface area (Å²) in [6.45, 7) is 6.50. The summed E-state index contributed by atoms with van der Waals surface area (Å²) in [5.74, 6) is 0. The predicted molar refractivity (Wildman–Crippen MR) is 80.9 cm³/mol. The van der Waals surface area contributed by atoms with E-state index in [0.29, 0.717) is 16.2 Å². The molecule has 1 aromatic rings. The molecule has 0 saturated carbocycles. The zero-order chi connectivity index (χ0) is 13.8. The van der Waals surface area contributed by atoms with Crippen molar-refractivity contribution in [2.75, 3.05) is 26.7 Å². The fraction of sp³-hybridized carbons (Fsp3) is 0.643. The van der Waals surface area contributed by atoms with Gasteiger partial charge in [-0.25, -0.2) is 4.98 Å². The fourth-order valence-electron chi connectivity index (χ4n) is 2.79. The average Bonchev–Trinajstić information content (AvgIpc) is 2.80. The maximum atomic E-state index is 6.18. The van der Waals surface area contributed by atoms with Crippen LogP contribution in [0.4, 0.5) is 0 Å². The van der Waals surface area contributed by atoms with Crippen LogP contribution in [-0.4, -0.2) is 47.5 Å². The quantitative estimate of drug-likeness (QED) is 0.778. The second-order valence-electron chi connectivity index (χ2n) is 5.22. The van der Waals surface area contributed by atoms with Gasteiger partial charge in [-0.3, -0.25) is 4.90 Å². The summed E-state index contributed by atoms with van der Waals surface area (Å²) in [6, 6.07) is 2.38. The van der Waals surface area contributed by atoms with Crippen LogP contribution in [0.5, 0.6) is 0 Å². The van der Waals surface area contributed by atoms with Gasteiger partial charge in [-0.1, -0.05) is 30.1 Å². The van der Waals surface area contributed by atoms with Crippen molar-refractivity contribution < 1.29 is 0 Å². The normalized spacial score (nSPS) is 20.4. The number of nitrogens with zero attached hydrogens (tertiary/aromatic N) is 3. The van der Waals surface area contributed by atoms with E-state index in [1.165, 1.54) is 19.4 Å². The van der Waals surface area contributed by atoms with Crippen LogP contribution in [0.2, 0.25) is 10.2 Å². The van der Waals surface area contributed by atoms with Crippen molar-refractivity contribution in [1.82, 2.24) is 14.8 Å². The van der Waals surface area contributed by atoms with E-state index in [1.807, 2.05) is 0 Å². The minimum Gasteiger partial charge on any atom is -0.300 e. The highest BCUT2D eigenvalue weighted by molar-refractivity contribution is 6.34. The molecule has 1 aliphatic rings. The molecule has 0 spiro atoms. The number of hydrogen-bond acceptors (Lipinski definition) is 3. The molecule has 1 unspecified atom stereocenters. The Morgan fingerprint density at radius 3 is 2.95 bits per heavy atom. The first kappa shape index (κ1) is 15.0. The lowest BCUT2D eigenvalue weighted by molar-refractivity contribution is 0.194. The molecule has 0 aliphatic carbocycles. The lowest BCUT2D eigenvalue weighted by atomic mass is 10.2. The molecule has 1 saturated heterocycles. The topological polar surface area (TPSA) is 19.4 Å². The van der Waals surface area contributed by atoms with E-state index in [4.69, 9.17) is 23.2 Å². The van der Waals surface area contributed by atoms with Crippen LogP contribution < -0.4 is 0 Å². The summed E-state index contributed by atoms with van der Waals surface area (Å²) in [5.41, 5.74) is 1.04. The molecule has 0 radical (unpaired) electrons. The summed E-state index contributed by atoms with van der Waals surface area (Å²) in [6.07, 6.45) is 4.38. The van der Waals surface area contributed by atoms with Gasteiger partial charge in [0.2, 0.25) is 0 Å². The van der Waals surface area contributed by atoms with Gasteiger partial charge in [0, 0.05) is 35.9 Å². The van der Waals surface area contributed by atoms with Crippen molar-refractivity contribution in [2.45, 2.75) is 32.4 Å². The number of likely N-dealkylation sites (tertiary alicyclic amines) is 1. The lowest BCUT2D eigenvalue weighted by Gasteiger charge is -2.27. The third kappa shape index (κ3) is 4.06. The largest absolute Gasteiger partial charge is 0.300 e. The summed E-state index contributed by atoms with van der Waals surface area (Å²) in [4.78, 5) is 8.97. The van der Waals surface area contributed by atoms with Gasteiger partial charge in [0.15, 0.2) is 0 Å². The number of aromatic nitrogens is 1. The molecule has 0 amide bonds. The van der Waals surface area contributed by atoms with E-state index in [0.717, 1.165) is 25.2 Å². The van der Waals surface area contributed by atoms with Crippen LogP contribution in [-0.2, 0) is 6.54 Å². The second kappa shape index (κ2) is 6.89. The number of pyridine rings is 1. The van der Waals surface area contributed by atoms with Gasteiger partial charge in [-0.2, -0.15) is 0 Å². The Hall–Kier alpha value is -0.350. The SMILES string of the molecule is CCN1CCCC1CN(C)Cc1cnc(Cl)cc1Cl. The van der Waals surface area contributed by atoms with E-state index in [9.17, 15) is 0 Å². The van der Waals surface area contributed by atoms with Crippen LogP contribution in [0.25, 0.3) is 0 Å². The minimum absolute atomic E-state index is 0.448. The van der Waals surface area contributed by atoms with Gasteiger partial charge >= 0.3 is 0 Å². The predicted octanol–water partition coefficient (Wildman–Crippen LogP) is 3.30. The molecule has 1 aliphatic heterocycles. The molecular formula is C14H21Cl2N3. The molecule has 0 bridgehead atoms. The van der Waals surface area contributed by atoms with Crippen LogP contribution in [0.3, 0.4) is 0 Å². The van der Waals surface area contributed by atoms with Gasteiger partial charge in [0.1, 0.15) is 5.15 Å². The molecule has 0 N–H and O–H groups in total. The highest BCUT2D eigenvalue weighted by Gasteiger charge is 2.24. The van der Waals surface area contributed by atoms with Crippen molar-refractivity contribution in [3.8, 4) is 0 Å². The van der Waals surface area contributed by atoms with Gasteiger partial charge in [0.25, 0.3) is 0 Å². The van der Waals surface area contributed by atoms with Crippen LogP contribution in [0, 0.1) is 0 Å². The van der Waals surface area contributed by atoms with Crippen molar-refractivity contribution in [2.24, 2.45) is 0 Å². The summed E-state index contributed by atoms with van der Waals surface area (Å²) in [5, 5.41) is 1.15. The summed E-state index contributed by atoms with van der Waals surface area (Å²) < 4.78 is 0. The second-order valence-corrected chi connectivity index (χ2v) is 6.01. The van der Waals surface area contributed by atoms with E-state index in [2.05, 4.69) is 28.8 Å². The van der Waals surface area contributed by atoms with Crippen LogP contribution >= 0.6 is 23.2 Å². The van der Waals surface area contributed by atoms with Gasteiger partial charge in [-0.05, 0) is 39.0 Å². The van der Waals surface area contributed by atoms with Crippen molar-refractivity contribution in [3.63, 3.8) is 0 Å². The number of halogens is 2.